The molecule has 0 aliphatic heterocycles. The largest absolute Gasteiger partial charge is 0.492 e. The van der Waals surface area contributed by atoms with Gasteiger partial charge in [-0.3, -0.25) is 23.4 Å². The van der Waals surface area contributed by atoms with Crippen LogP contribution in [0.1, 0.15) is 111 Å². The van der Waals surface area contributed by atoms with Crippen LogP contribution in [0.15, 0.2) is 12.7 Å². The Morgan fingerprint density at radius 1 is 0.727 bits per heavy atom. The summed E-state index contributed by atoms with van der Waals surface area (Å²) >= 11 is 0. The molecule has 0 aromatic heterocycles. The second kappa shape index (κ2) is 41.0. The third-order valence-electron chi connectivity index (χ3n) is 4.05. The van der Waals surface area contributed by atoms with Gasteiger partial charge < -0.3 is 21.2 Å². The normalized spacial score (nSPS) is 8.61. The number of hydrogen-bond donors (Lipinski definition) is 0. The van der Waals surface area contributed by atoms with Crippen LogP contribution < -0.4 is 0 Å². The molecule has 0 fully saturated rings. The monoisotopic (exact) mass is 639 g/mol. The van der Waals surface area contributed by atoms with Crippen LogP contribution in [0.5, 0.6) is 0 Å². The van der Waals surface area contributed by atoms with Gasteiger partial charge in [0.25, 0.3) is 0 Å². The molecule has 0 spiro atoms. The fraction of sp³-hybridized carbons (Fsp3) is 0.704. The first-order chi connectivity index (χ1) is 15.2. The maximum atomic E-state index is 10.5. The molecular weight excluding hydrogens is 588 g/mol. The summed E-state index contributed by atoms with van der Waals surface area (Å²) < 4.78 is 8.70. The van der Waals surface area contributed by atoms with E-state index in [1.54, 1.807) is 6.08 Å². The Bertz CT molecular complexity index is 383. The van der Waals surface area contributed by atoms with E-state index in [0.717, 1.165) is 19.3 Å². The number of allylic oxidation sites excluding steroid dienone is 1. The van der Waals surface area contributed by atoms with Gasteiger partial charge in [0.2, 0.25) is 0 Å². The van der Waals surface area contributed by atoms with E-state index in [0.29, 0.717) is 13.0 Å². The van der Waals surface area contributed by atoms with Crippen molar-refractivity contribution >= 4 is 17.7 Å². The minimum Gasteiger partial charge on any atom is -0.492 e. The number of ether oxygens (including phenoxy) is 2. The molecule has 0 radical (unpaired) electrons. The molecule has 0 aromatic rings. The zero-order chi connectivity index (χ0) is 25.5. The zero-order valence-electron chi connectivity index (χ0n) is 22.0. The van der Waals surface area contributed by atoms with Crippen molar-refractivity contribution in [2.75, 3.05) is 13.7 Å². The molecule has 0 N–H and O–H groups in total. The SMILES string of the molecule is C=CC.[CH2-]C(=O)CCCCCCCCC.[CH2-]C(=O)OC.[CH2-]C(=O)OCCCCCCCC.[W]. The summed E-state index contributed by atoms with van der Waals surface area (Å²) in [7, 11) is 1.29. The third-order valence-corrected chi connectivity index (χ3v) is 4.05. The summed E-state index contributed by atoms with van der Waals surface area (Å²) in [6.45, 7) is 19.6. The number of unbranched alkanes of at least 4 members (excludes halogenated alkanes) is 11. The molecule has 5 nitrogen and oxygen atoms in total. The molecule has 0 aliphatic rings. The predicted molar refractivity (Wildman–Crippen MR) is 136 cm³/mol. The Morgan fingerprint density at radius 3 is 1.36 bits per heavy atom. The first-order valence-electron chi connectivity index (χ1n) is 12.0. The summed E-state index contributed by atoms with van der Waals surface area (Å²) in [4.78, 5) is 30.2. The second-order valence-corrected chi connectivity index (χ2v) is 7.38. The van der Waals surface area contributed by atoms with Gasteiger partial charge in [0.1, 0.15) is 0 Å². The number of esters is 2. The molecule has 33 heavy (non-hydrogen) atoms. The number of carbonyl (C=O) groups is 3. The van der Waals surface area contributed by atoms with E-state index < -0.39 is 11.9 Å². The molecule has 0 bridgehead atoms. The van der Waals surface area contributed by atoms with E-state index >= 15 is 0 Å². The van der Waals surface area contributed by atoms with Crippen LogP contribution in [-0.4, -0.2) is 31.4 Å². The number of ketones is 1. The fourth-order valence-electron chi connectivity index (χ4n) is 2.35. The van der Waals surface area contributed by atoms with Crippen molar-refractivity contribution in [1.29, 1.82) is 0 Å². The van der Waals surface area contributed by atoms with Gasteiger partial charge in [-0.15, -0.1) is 6.58 Å². The van der Waals surface area contributed by atoms with Gasteiger partial charge in [-0.2, -0.15) is 0 Å². The molecule has 0 aliphatic carbocycles. The van der Waals surface area contributed by atoms with Gasteiger partial charge in [-0.1, -0.05) is 90.6 Å². The summed E-state index contributed by atoms with van der Waals surface area (Å²) in [5.41, 5.74) is 0. The average molecular weight is 640 g/mol. The van der Waals surface area contributed by atoms with Gasteiger partial charge in [0.05, 0.1) is 13.7 Å². The van der Waals surface area contributed by atoms with Crippen molar-refractivity contribution in [2.45, 2.75) is 111 Å². The molecule has 0 rings (SSSR count). The Morgan fingerprint density at radius 2 is 1.06 bits per heavy atom. The van der Waals surface area contributed by atoms with Crippen LogP contribution in [0.3, 0.4) is 0 Å². The van der Waals surface area contributed by atoms with Crippen molar-refractivity contribution in [2.24, 2.45) is 0 Å². The van der Waals surface area contributed by atoms with Crippen molar-refractivity contribution in [1.82, 2.24) is 0 Å². The molecule has 0 atom stereocenters. The molecule has 0 unspecified atom stereocenters. The number of methoxy groups -OCH3 is 1. The zero-order valence-corrected chi connectivity index (χ0v) is 24.9. The Kier molecular flexibility index (Phi) is 52.0. The second-order valence-electron chi connectivity index (χ2n) is 7.38. The molecule has 0 aromatic carbocycles. The van der Waals surface area contributed by atoms with Gasteiger partial charge in [0.15, 0.2) is 11.9 Å². The van der Waals surface area contributed by atoms with Crippen LogP contribution >= 0.6 is 0 Å². The van der Waals surface area contributed by atoms with Crippen molar-refractivity contribution in [3.8, 4) is 0 Å². The van der Waals surface area contributed by atoms with Crippen molar-refractivity contribution in [3.63, 3.8) is 0 Å². The number of rotatable bonds is 15. The molecule has 0 saturated heterocycles. The molecular formula is C27H51O5W-3. The fourth-order valence-corrected chi connectivity index (χ4v) is 2.35. The van der Waals surface area contributed by atoms with Crippen LogP contribution in [0.25, 0.3) is 0 Å². The van der Waals surface area contributed by atoms with E-state index in [1.165, 1.54) is 71.3 Å². The number of Topliss-reactive ketones (excluding diaryl/α,β-unsaturated/α-hetero) is 1. The smallest absolute Gasteiger partial charge is 0.164 e. The number of carbonyl (C=O) groups excluding carboxylic acids is 3. The average Bonchev–Trinajstić information content (AvgIpc) is 2.73. The third kappa shape index (κ3) is 72.3. The minimum absolute atomic E-state index is 0. The molecule has 6 heteroatoms. The van der Waals surface area contributed by atoms with Crippen molar-refractivity contribution in [3.05, 3.63) is 33.4 Å². The maximum Gasteiger partial charge on any atom is 0.164 e. The summed E-state index contributed by atoms with van der Waals surface area (Å²) in [6.07, 6.45) is 18.6. The van der Waals surface area contributed by atoms with Crippen LogP contribution in [0.4, 0.5) is 0 Å². The maximum absolute atomic E-state index is 10.5. The molecule has 0 heterocycles. The predicted octanol–water partition coefficient (Wildman–Crippen LogP) is 7.44. The van der Waals surface area contributed by atoms with Crippen LogP contribution in [0.2, 0.25) is 0 Å². The van der Waals surface area contributed by atoms with Crippen LogP contribution in [0, 0.1) is 20.8 Å². The minimum atomic E-state index is -0.495. The van der Waals surface area contributed by atoms with Gasteiger partial charge in [0, 0.05) is 21.1 Å². The van der Waals surface area contributed by atoms with E-state index in [9.17, 15) is 14.4 Å². The summed E-state index contributed by atoms with van der Waals surface area (Å²) in [5, 5.41) is 0. The number of hydrogen-bond acceptors (Lipinski definition) is 5. The molecule has 0 amide bonds. The topological polar surface area (TPSA) is 69.7 Å². The van der Waals surface area contributed by atoms with Crippen LogP contribution in [-0.2, 0) is 44.9 Å². The standard InChI is InChI=1S/C11H21O.C10H19O2.C3H5O2.C3H6.W/c1-3-4-5-6-7-8-9-10-11(2)12;1-3-4-5-6-7-8-9-12-10(2)11;1-3(4)5-2;1-3-2;/h2-10H2,1H3;2-9H2,1H3;1H2,2H3;3H,1H2,2H3;/q3*-1;;. The quantitative estimate of drug-likeness (QED) is 0.0807. The van der Waals surface area contributed by atoms with E-state index in [2.05, 4.69) is 45.9 Å². The van der Waals surface area contributed by atoms with Gasteiger partial charge >= 0.3 is 0 Å². The Hall–Kier alpha value is -1.35. The van der Waals surface area contributed by atoms with E-state index in [4.69, 9.17) is 4.74 Å². The van der Waals surface area contributed by atoms with Gasteiger partial charge in [-0.25, -0.2) is 0 Å². The Balaban J connectivity index is -0.000000117. The molecule has 198 valence electrons. The first-order valence-corrected chi connectivity index (χ1v) is 12.0. The van der Waals surface area contributed by atoms with E-state index in [1.807, 2.05) is 6.92 Å². The van der Waals surface area contributed by atoms with E-state index in [-0.39, 0.29) is 26.8 Å². The Labute approximate surface area is 220 Å². The van der Waals surface area contributed by atoms with Crippen molar-refractivity contribution < 1.29 is 44.9 Å². The summed E-state index contributed by atoms with van der Waals surface area (Å²) in [6, 6.07) is 0. The molecule has 0 saturated carbocycles. The van der Waals surface area contributed by atoms with Gasteiger partial charge in [-0.05, 0) is 32.0 Å². The first kappa shape index (κ1) is 41.9. The summed E-state index contributed by atoms with van der Waals surface area (Å²) in [5.74, 6) is -0.822.